The summed E-state index contributed by atoms with van der Waals surface area (Å²) in [7, 11) is 0. The molecule has 74 valence electrons. The number of nitrogens with zero attached hydrogens (tertiary/aromatic N) is 4. The van der Waals surface area contributed by atoms with E-state index in [0.29, 0.717) is 6.54 Å². The molecule has 0 aliphatic heterocycles. The minimum Gasteiger partial charge on any atom is -0.345 e. The fourth-order valence-electron chi connectivity index (χ4n) is 1.33. The molecule has 1 heterocycles. The van der Waals surface area contributed by atoms with Gasteiger partial charge in [0.2, 0.25) is 0 Å². The monoisotopic (exact) mass is 199 g/mol. The molecular weight excluding hydrogens is 190 g/mol. The largest absolute Gasteiger partial charge is 0.345 e. The molecule has 1 aromatic heterocycles. The summed E-state index contributed by atoms with van der Waals surface area (Å²) in [6.07, 6.45) is 5.39. The minimum absolute atomic E-state index is 0.373. The van der Waals surface area contributed by atoms with Crippen molar-refractivity contribution in [1.29, 1.82) is 0 Å². The first kappa shape index (κ1) is 9.30. The van der Waals surface area contributed by atoms with Crippen molar-refractivity contribution >= 4 is 17.1 Å². The van der Waals surface area contributed by atoms with Crippen molar-refractivity contribution in [2.24, 2.45) is 5.11 Å². The number of imidazole rings is 1. The maximum atomic E-state index is 8.09. The van der Waals surface area contributed by atoms with E-state index in [1.54, 1.807) is 6.33 Å². The Balaban J connectivity index is 2.20. The van der Waals surface area contributed by atoms with E-state index in [0.717, 1.165) is 16.6 Å². The molecule has 0 saturated heterocycles. The molecule has 5 heteroatoms. The molecule has 0 aliphatic carbocycles. The van der Waals surface area contributed by atoms with Crippen LogP contribution in [0.1, 0.15) is 5.56 Å². The molecule has 2 rings (SSSR count). The summed E-state index contributed by atoms with van der Waals surface area (Å²) in [5.74, 6) is 0. The fraction of sp³-hybridized carbons (Fsp3) is 0.100. The summed E-state index contributed by atoms with van der Waals surface area (Å²) < 4.78 is 0. The van der Waals surface area contributed by atoms with Crippen molar-refractivity contribution in [2.75, 3.05) is 6.54 Å². The third-order valence-electron chi connectivity index (χ3n) is 2.00. The third kappa shape index (κ3) is 2.15. The smallest absolute Gasteiger partial charge is 0.0931 e. The Hall–Kier alpha value is -2.26. The van der Waals surface area contributed by atoms with Crippen LogP contribution in [0, 0.1) is 0 Å². The molecule has 5 nitrogen and oxygen atoms in total. The molecule has 0 amide bonds. The minimum atomic E-state index is 0.373. The Morgan fingerprint density at radius 1 is 1.53 bits per heavy atom. The zero-order valence-electron chi connectivity index (χ0n) is 7.96. The summed E-state index contributed by atoms with van der Waals surface area (Å²) in [4.78, 5) is 9.82. The summed E-state index contributed by atoms with van der Waals surface area (Å²) in [6.45, 7) is 0.373. The predicted octanol–water partition coefficient (Wildman–Crippen LogP) is 2.89. The van der Waals surface area contributed by atoms with Crippen LogP contribution in [0.5, 0.6) is 0 Å². The van der Waals surface area contributed by atoms with E-state index in [1.807, 2.05) is 30.4 Å². The number of hydrogen-bond donors (Lipinski definition) is 1. The first-order chi connectivity index (χ1) is 7.40. The van der Waals surface area contributed by atoms with E-state index in [4.69, 9.17) is 5.53 Å². The van der Waals surface area contributed by atoms with Gasteiger partial charge in [0, 0.05) is 11.5 Å². The second kappa shape index (κ2) is 4.30. The maximum absolute atomic E-state index is 8.09. The second-order valence-electron chi connectivity index (χ2n) is 2.99. The van der Waals surface area contributed by atoms with Gasteiger partial charge in [-0.3, -0.25) is 0 Å². The number of fused-ring (bicyclic) bond motifs is 1. The fourth-order valence-corrected chi connectivity index (χ4v) is 1.33. The van der Waals surface area contributed by atoms with Crippen molar-refractivity contribution in [3.05, 3.63) is 46.6 Å². The molecule has 0 aliphatic rings. The number of azide groups is 1. The molecule has 0 saturated carbocycles. The van der Waals surface area contributed by atoms with Gasteiger partial charge in [0.15, 0.2) is 0 Å². The third-order valence-corrected chi connectivity index (χ3v) is 2.00. The molecule has 0 radical (unpaired) electrons. The molecular formula is C10H9N5. The van der Waals surface area contributed by atoms with Gasteiger partial charge in [-0.15, -0.1) is 0 Å². The Kier molecular flexibility index (Phi) is 2.67. The lowest BCUT2D eigenvalue weighted by molar-refractivity contribution is 1.22. The molecule has 1 N–H and O–H groups in total. The average Bonchev–Trinajstić information content (AvgIpc) is 2.71. The Morgan fingerprint density at radius 2 is 2.47 bits per heavy atom. The normalized spacial score (nSPS) is 10.7. The molecule has 0 fully saturated rings. The van der Waals surface area contributed by atoms with Crippen LogP contribution in [0.2, 0.25) is 0 Å². The van der Waals surface area contributed by atoms with Gasteiger partial charge >= 0.3 is 0 Å². The molecule has 0 bridgehead atoms. The van der Waals surface area contributed by atoms with Crippen molar-refractivity contribution in [3.8, 4) is 0 Å². The number of nitrogens with one attached hydrogen (secondary N) is 1. The van der Waals surface area contributed by atoms with E-state index >= 15 is 0 Å². The standard InChI is InChI=1S/C10H9N5/c11-15-14-5-1-2-8-3-4-9-10(6-8)13-7-12-9/h1-4,6-7H,5H2,(H,12,13). The van der Waals surface area contributed by atoms with Crippen LogP contribution in [0.15, 0.2) is 35.7 Å². The van der Waals surface area contributed by atoms with Crippen molar-refractivity contribution in [1.82, 2.24) is 9.97 Å². The lowest BCUT2D eigenvalue weighted by Gasteiger charge is -1.92. The average molecular weight is 199 g/mol. The summed E-state index contributed by atoms with van der Waals surface area (Å²) in [5.41, 5.74) is 11.1. The quantitative estimate of drug-likeness (QED) is 0.460. The Bertz CT molecular complexity index is 533. The number of hydrogen-bond acceptors (Lipinski definition) is 2. The zero-order valence-corrected chi connectivity index (χ0v) is 7.96. The summed E-state index contributed by atoms with van der Waals surface area (Å²) >= 11 is 0. The molecule has 0 spiro atoms. The molecule has 0 unspecified atom stereocenters. The van der Waals surface area contributed by atoms with Gasteiger partial charge in [-0.2, -0.15) is 0 Å². The highest BCUT2D eigenvalue weighted by Gasteiger charge is 1.94. The number of rotatable bonds is 3. The summed E-state index contributed by atoms with van der Waals surface area (Å²) in [6, 6.07) is 5.91. The first-order valence-corrected chi connectivity index (χ1v) is 4.50. The number of aromatic amines is 1. The van der Waals surface area contributed by atoms with Crippen LogP contribution >= 0.6 is 0 Å². The highest BCUT2D eigenvalue weighted by atomic mass is 15.1. The van der Waals surface area contributed by atoms with Gasteiger partial charge in [-0.1, -0.05) is 23.3 Å². The maximum Gasteiger partial charge on any atom is 0.0931 e. The Labute approximate surface area is 86.1 Å². The zero-order chi connectivity index (χ0) is 10.5. The van der Waals surface area contributed by atoms with Gasteiger partial charge in [0.1, 0.15) is 0 Å². The molecule has 1 aromatic carbocycles. The van der Waals surface area contributed by atoms with Crippen molar-refractivity contribution in [3.63, 3.8) is 0 Å². The van der Waals surface area contributed by atoms with Crippen LogP contribution < -0.4 is 0 Å². The summed E-state index contributed by atoms with van der Waals surface area (Å²) in [5, 5.41) is 3.41. The second-order valence-corrected chi connectivity index (χ2v) is 2.99. The van der Waals surface area contributed by atoms with Gasteiger partial charge in [-0.25, -0.2) is 4.98 Å². The van der Waals surface area contributed by atoms with Crippen LogP contribution in [-0.2, 0) is 0 Å². The molecule has 2 aromatic rings. The van der Waals surface area contributed by atoms with Gasteiger partial charge in [0.05, 0.1) is 17.4 Å². The predicted molar refractivity (Wildman–Crippen MR) is 59.1 cm³/mol. The van der Waals surface area contributed by atoms with Crippen LogP contribution in [-0.4, -0.2) is 16.5 Å². The van der Waals surface area contributed by atoms with Gasteiger partial charge < -0.3 is 4.98 Å². The number of benzene rings is 1. The molecule has 0 atom stereocenters. The number of H-pyrrole nitrogens is 1. The van der Waals surface area contributed by atoms with E-state index in [1.165, 1.54) is 0 Å². The Morgan fingerprint density at radius 3 is 3.33 bits per heavy atom. The van der Waals surface area contributed by atoms with E-state index < -0.39 is 0 Å². The molecule has 15 heavy (non-hydrogen) atoms. The lowest BCUT2D eigenvalue weighted by Crippen LogP contribution is -1.74. The number of aromatic nitrogens is 2. The lowest BCUT2D eigenvalue weighted by atomic mass is 10.2. The highest BCUT2D eigenvalue weighted by molar-refractivity contribution is 5.77. The van der Waals surface area contributed by atoms with Crippen LogP contribution in [0.4, 0.5) is 0 Å². The van der Waals surface area contributed by atoms with Crippen molar-refractivity contribution < 1.29 is 0 Å². The van der Waals surface area contributed by atoms with E-state index in [-0.39, 0.29) is 0 Å². The van der Waals surface area contributed by atoms with Crippen molar-refractivity contribution in [2.45, 2.75) is 0 Å². The SMILES string of the molecule is [N-]=[N+]=NCC=Cc1ccc2nc[nH]c2c1. The van der Waals surface area contributed by atoms with E-state index in [9.17, 15) is 0 Å². The van der Waals surface area contributed by atoms with Gasteiger partial charge in [-0.05, 0) is 23.2 Å². The van der Waals surface area contributed by atoms with Crippen LogP contribution in [0.3, 0.4) is 0 Å². The van der Waals surface area contributed by atoms with Gasteiger partial charge in [0.25, 0.3) is 0 Å². The van der Waals surface area contributed by atoms with Crippen LogP contribution in [0.25, 0.3) is 27.6 Å². The highest BCUT2D eigenvalue weighted by Crippen LogP contribution is 2.12. The first-order valence-electron chi connectivity index (χ1n) is 4.50. The topological polar surface area (TPSA) is 77.4 Å². The van der Waals surface area contributed by atoms with E-state index in [2.05, 4.69) is 20.0 Å².